The first kappa shape index (κ1) is 19.8. The lowest BCUT2D eigenvalue weighted by molar-refractivity contribution is -0.139. The van der Waals surface area contributed by atoms with Gasteiger partial charge in [0.05, 0.1) is 0 Å². The van der Waals surface area contributed by atoms with Crippen LogP contribution < -0.4 is 5.43 Å². The Hall–Kier alpha value is -1.92. The first-order chi connectivity index (χ1) is 12.6. The van der Waals surface area contributed by atoms with Crippen molar-refractivity contribution >= 4 is 23.4 Å². The molecule has 3 aliphatic rings. The minimum Gasteiger partial charge on any atom is -0.339 e. The lowest BCUT2D eigenvalue weighted by atomic mass is 9.70. The van der Waals surface area contributed by atoms with Gasteiger partial charge < -0.3 is 9.80 Å². The fourth-order valence-electron chi connectivity index (χ4n) is 4.93. The van der Waals surface area contributed by atoms with Crippen molar-refractivity contribution in [2.75, 3.05) is 26.2 Å². The van der Waals surface area contributed by atoms with Gasteiger partial charge in [-0.25, -0.2) is 5.43 Å². The summed E-state index contributed by atoms with van der Waals surface area (Å²) in [6.45, 7) is 10.6. The number of rotatable bonds is 4. The minimum absolute atomic E-state index is 0.0333. The summed E-state index contributed by atoms with van der Waals surface area (Å²) in [5.41, 5.74) is 4.08. The van der Waals surface area contributed by atoms with Crippen LogP contribution in [0.1, 0.15) is 59.8 Å². The Morgan fingerprint density at radius 2 is 1.70 bits per heavy atom. The summed E-state index contributed by atoms with van der Waals surface area (Å²) in [4.78, 5) is 39.3. The van der Waals surface area contributed by atoms with Gasteiger partial charge >= 0.3 is 0 Å². The third-order valence-corrected chi connectivity index (χ3v) is 7.47. The Kier molecular flexibility index (Phi) is 5.32. The topological polar surface area (TPSA) is 82.1 Å². The number of amides is 3. The fraction of sp³-hybridized carbons (Fsp3) is 0.800. The van der Waals surface area contributed by atoms with Crippen molar-refractivity contribution in [3.05, 3.63) is 0 Å². The Labute approximate surface area is 161 Å². The van der Waals surface area contributed by atoms with Crippen LogP contribution in [-0.4, -0.2) is 59.4 Å². The fourth-order valence-corrected chi connectivity index (χ4v) is 4.93. The maximum absolute atomic E-state index is 12.3. The van der Waals surface area contributed by atoms with Crippen LogP contribution in [0.5, 0.6) is 0 Å². The van der Waals surface area contributed by atoms with Gasteiger partial charge in [0.1, 0.15) is 0 Å². The van der Waals surface area contributed by atoms with E-state index in [0.717, 1.165) is 18.6 Å². The average molecular weight is 377 g/mol. The van der Waals surface area contributed by atoms with E-state index in [4.69, 9.17) is 0 Å². The molecule has 150 valence electrons. The summed E-state index contributed by atoms with van der Waals surface area (Å²) in [7, 11) is 0. The van der Waals surface area contributed by atoms with Gasteiger partial charge in [0.15, 0.2) is 0 Å². The number of carbonyl (C=O) groups is 3. The van der Waals surface area contributed by atoms with E-state index in [1.165, 1.54) is 6.42 Å². The molecule has 7 heteroatoms. The molecular formula is C20H32N4O3. The molecule has 27 heavy (non-hydrogen) atoms. The van der Waals surface area contributed by atoms with E-state index in [9.17, 15) is 14.4 Å². The van der Waals surface area contributed by atoms with Crippen LogP contribution in [0.25, 0.3) is 0 Å². The Morgan fingerprint density at radius 1 is 1.07 bits per heavy atom. The first-order valence-corrected chi connectivity index (χ1v) is 10.0. The standard InChI is InChI=1S/C20H32N4O3/c1-14(25)23-9-11-24(12-10-23)18(27)6-5-17(26)22-21-16-13-15-7-8-20(16,4)19(15,2)3/h15H,5-13H2,1-4H3,(H,22,26)/b21-16-/t15-,20-/m1/s1. The van der Waals surface area contributed by atoms with Crippen molar-refractivity contribution in [3.8, 4) is 0 Å². The number of nitrogens with one attached hydrogen (secondary N) is 1. The molecule has 0 radical (unpaired) electrons. The first-order valence-electron chi connectivity index (χ1n) is 10.0. The normalized spacial score (nSPS) is 30.7. The Balaban J connectivity index is 1.44. The molecule has 2 atom stereocenters. The van der Waals surface area contributed by atoms with E-state index in [0.29, 0.717) is 32.1 Å². The molecule has 0 spiro atoms. The maximum Gasteiger partial charge on any atom is 0.240 e. The average Bonchev–Trinajstić information content (AvgIpc) is 2.97. The quantitative estimate of drug-likeness (QED) is 0.759. The summed E-state index contributed by atoms with van der Waals surface area (Å²) in [6.07, 6.45) is 3.66. The number of hydrogen-bond donors (Lipinski definition) is 1. The van der Waals surface area contributed by atoms with Gasteiger partial charge in [-0.05, 0) is 30.6 Å². The van der Waals surface area contributed by atoms with Crippen LogP contribution in [0.15, 0.2) is 5.10 Å². The van der Waals surface area contributed by atoms with E-state index in [-0.39, 0.29) is 41.4 Å². The number of piperazine rings is 1. The molecule has 1 saturated heterocycles. The van der Waals surface area contributed by atoms with Crippen LogP contribution in [0.2, 0.25) is 0 Å². The highest BCUT2D eigenvalue weighted by atomic mass is 16.2. The van der Waals surface area contributed by atoms with E-state index >= 15 is 0 Å². The summed E-state index contributed by atoms with van der Waals surface area (Å²) < 4.78 is 0. The van der Waals surface area contributed by atoms with Crippen LogP contribution in [0.3, 0.4) is 0 Å². The molecule has 0 aromatic rings. The van der Waals surface area contributed by atoms with Gasteiger partial charge in [-0.15, -0.1) is 0 Å². The van der Waals surface area contributed by atoms with Crippen LogP contribution in [0, 0.1) is 16.7 Å². The highest BCUT2D eigenvalue weighted by Crippen LogP contribution is 2.63. The molecule has 0 aromatic heterocycles. The van der Waals surface area contributed by atoms with Gasteiger partial charge in [0.2, 0.25) is 17.7 Å². The molecule has 1 heterocycles. The maximum atomic E-state index is 12.3. The Bertz CT molecular complexity index is 664. The largest absolute Gasteiger partial charge is 0.339 e. The van der Waals surface area contributed by atoms with Gasteiger partial charge in [-0.2, -0.15) is 5.10 Å². The van der Waals surface area contributed by atoms with Crippen molar-refractivity contribution in [1.82, 2.24) is 15.2 Å². The van der Waals surface area contributed by atoms with Gasteiger partial charge in [-0.3, -0.25) is 14.4 Å². The zero-order valence-corrected chi connectivity index (χ0v) is 17.0. The van der Waals surface area contributed by atoms with Crippen LogP contribution in [-0.2, 0) is 14.4 Å². The summed E-state index contributed by atoms with van der Waals surface area (Å²) in [6, 6.07) is 0. The van der Waals surface area contributed by atoms with Crippen molar-refractivity contribution in [2.45, 2.75) is 59.8 Å². The molecule has 3 rings (SSSR count). The molecule has 0 unspecified atom stereocenters. The molecule has 0 aromatic carbocycles. The molecule has 3 fully saturated rings. The lowest BCUT2D eigenvalue weighted by Crippen LogP contribution is -2.50. The number of hydrazone groups is 1. The highest BCUT2D eigenvalue weighted by Gasteiger charge is 2.60. The molecule has 2 saturated carbocycles. The van der Waals surface area contributed by atoms with Crippen molar-refractivity contribution in [3.63, 3.8) is 0 Å². The molecule has 2 aliphatic carbocycles. The zero-order valence-electron chi connectivity index (χ0n) is 17.0. The van der Waals surface area contributed by atoms with Gasteiger partial charge in [-0.1, -0.05) is 20.8 Å². The van der Waals surface area contributed by atoms with Gasteiger partial charge in [0.25, 0.3) is 0 Å². The third kappa shape index (κ3) is 3.60. The second-order valence-corrected chi connectivity index (χ2v) is 8.97. The second-order valence-electron chi connectivity index (χ2n) is 8.97. The highest BCUT2D eigenvalue weighted by molar-refractivity contribution is 5.95. The molecule has 7 nitrogen and oxygen atoms in total. The summed E-state index contributed by atoms with van der Waals surface area (Å²) in [5, 5.41) is 4.44. The third-order valence-electron chi connectivity index (χ3n) is 7.47. The van der Waals surface area contributed by atoms with E-state index < -0.39 is 0 Å². The summed E-state index contributed by atoms with van der Waals surface area (Å²) in [5.74, 6) is 0.447. The molecule has 2 bridgehead atoms. The molecule has 3 amide bonds. The summed E-state index contributed by atoms with van der Waals surface area (Å²) >= 11 is 0. The molecular weight excluding hydrogens is 344 g/mol. The van der Waals surface area contributed by atoms with E-state index in [1.807, 2.05) is 0 Å². The number of nitrogens with zero attached hydrogens (tertiary/aromatic N) is 3. The predicted octanol–water partition coefficient (Wildman–Crippen LogP) is 1.78. The number of hydrogen-bond acceptors (Lipinski definition) is 4. The Morgan fingerprint density at radius 3 is 2.22 bits per heavy atom. The van der Waals surface area contributed by atoms with Crippen LogP contribution in [0.4, 0.5) is 0 Å². The minimum atomic E-state index is -0.206. The van der Waals surface area contributed by atoms with Crippen LogP contribution >= 0.6 is 0 Å². The zero-order chi connectivity index (χ0) is 19.8. The van der Waals surface area contributed by atoms with Crippen molar-refractivity contribution < 1.29 is 14.4 Å². The number of fused-ring (bicyclic) bond motifs is 2. The van der Waals surface area contributed by atoms with Crippen molar-refractivity contribution in [2.24, 2.45) is 21.8 Å². The molecule has 1 aliphatic heterocycles. The molecule has 1 N–H and O–H groups in total. The SMILES string of the molecule is CC(=O)N1CCN(C(=O)CCC(=O)N/N=C2/C[C@H]3CC[C@@]2(C)C3(C)C)CC1. The number of carbonyl (C=O) groups excluding carboxylic acids is 3. The predicted molar refractivity (Wildman–Crippen MR) is 103 cm³/mol. The monoisotopic (exact) mass is 376 g/mol. The van der Waals surface area contributed by atoms with Crippen molar-refractivity contribution in [1.29, 1.82) is 0 Å². The smallest absolute Gasteiger partial charge is 0.240 e. The van der Waals surface area contributed by atoms with Gasteiger partial charge in [0, 0.05) is 57.1 Å². The van der Waals surface area contributed by atoms with E-state index in [1.54, 1.807) is 16.7 Å². The second kappa shape index (κ2) is 7.24. The lowest BCUT2D eigenvalue weighted by Gasteiger charge is -2.34. The van der Waals surface area contributed by atoms with E-state index in [2.05, 4.69) is 31.3 Å².